The zero-order valence-corrected chi connectivity index (χ0v) is 12.4. The zero-order valence-electron chi connectivity index (χ0n) is 12.4. The number of aryl methyl sites for hydroxylation is 1. The molecule has 0 spiro atoms. The molecular weight excluding hydrogens is 254 g/mol. The van der Waals surface area contributed by atoms with Crippen molar-refractivity contribution in [2.75, 3.05) is 14.2 Å². The largest absolute Gasteiger partial charge is 0.497 e. The fourth-order valence-electron chi connectivity index (χ4n) is 2.12. The van der Waals surface area contributed by atoms with Crippen LogP contribution in [0.1, 0.15) is 30.0 Å². The lowest BCUT2D eigenvalue weighted by molar-refractivity contribution is 0.388. The standard InChI is InChI=1S/C16H21NO3/c1-11-5-6-14(20-11)10-17-12(2)15-9-13(18-3)7-8-16(15)19-4/h5-9,12,17H,10H2,1-4H3. The van der Waals surface area contributed by atoms with Crippen LogP contribution in [0.25, 0.3) is 0 Å². The van der Waals surface area contributed by atoms with Crippen LogP contribution >= 0.6 is 0 Å². The summed E-state index contributed by atoms with van der Waals surface area (Å²) in [5.41, 5.74) is 1.06. The minimum atomic E-state index is 0.130. The molecule has 4 heteroatoms. The molecule has 20 heavy (non-hydrogen) atoms. The summed E-state index contributed by atoms with van der Waals surface area (Å²) in [7, 11) is 3.34. The lowest BCUT2D eigenvalue weighted by Crippen LogP contribution is -2.18. The molecule has 2 rings (SSSR count). The molecule has 1 aromatic heterocycles. The number of nitrogens with one attached hydrogen (secondary N) is 1. The molecule has 1 atom stereocenters. The maximum absolute atomic E-state index is 5.55. The highest BCUT2D eigenvalue weighted by molar-refractivity contribution is 5.42. The molecule has 0 amide bonds. The lowest BCUT2D eigenvalue weighted by atomic mass is 10.1. The topological polar surface area (TPSA) is 43.6 Å². The summed E-state index contributed by atoms with van der Waals surface area (Å²) in [4.78, 5) is 0. The number of furan rings is 1. The van der Waals surface area contributed by atoms with Gasteiger partial charge in [-0.1, -0.05) is 0 Å². The second kappa shape index (κ2) is 6.48. The van der Waals surface area contributed by atoms with Crippen molar-refractivity contribution in [1.82, 2.24) is 5.32 Å². The van der Waals surface area contributed by atoms with Crippen molar-refractivity contribution in [3.8, 4) is 11.5 Å². The zero-order chi connectivity index (χ0) is 14.5. The highest BCUT2D eigenvalue weighted by Crippen LogP contribution is 2.29. The average Bonchev–Trinajstić information content (AvgIpc) is 2.89. The number of methoxy groups -OCH3 is 2. The summed E-state index contributed by atoms with van der Waals surface area (Å²) in [5, 5.41) is 3.43. The first-order chi connectivity index (χ1) is 9.63. The van der Waals surface area contributed by atoms with Crippen LogP contribution in [-0.4, -0.2) is 14.2 Å². The van der Waals surface area contributed by atoms with Crippen molar-refractivity contribution in [2.24, 2.45) is 0 Å². The highest BCUT2D eigenvalue weighted by atomic mass is 16.5. The fourth-order valence-corrected chi connectivity index (χ4v) is 2.12. The fraction of sp³-hybridized carbons (Fsp3) is 0.375. The van der Waals surface area contributed by atoms with Gasteiger partial charge >= 0.3 is 0 Å². The number of hydrogen-bond donors (Lipinski definition) is 1. The van der Waals surface area contributed by atoms with Gasteiger partial charge in [-0.15, -0.1) is 0 Å². The van der Waals surface area contributed by atoms with E-state index >= 15 is 0 Å². The van der Waals surface area contributed by atoms with Crippen molar-refractivity contribution in [3.63, 3.8) is 0 Å². The van der Waals surface area contributed by atoms with E-state index in [-0.39, 0.29) is 6.04 Å². The van der Waals surface area contributed by atoms with E-state index in [9.17, 15) is 0 Å². The lowest BCUT2D eigenvalue weighted by Gasteiger charge is -2.17. The van der Waals surface area contributed by atoms with E-state index < -0.39 is 0 Å². The van der Waals surface area contributed by atoms with Gasteiger partial charge in [0.15, 0.2) is 0 Å². The molecule has 0 radical (unpaired) electrons. The van der Waals surface area contributed by atoms with Crippen LogP contribution in [0.5, 0.6) is 11.5 Å². The third kappa shape index (κ3) is 3.33. The Hall–Kier alpha value is -1.94. The second-order valence-electron chi connectivity index (χ2n) is 4.72. The van der Waals surface area contributed by atoms with Gasteiger partial charge in [-0.2, -0.15) is 0 Å². The van der Waals surface area contributed by atoms with Crippen molar-refractivity contribution in [1.29, 1.82) is 0 Å². The normalized spacial score (nSPS) is 12.2. The quantitative estimate of drug-likeness (QED) is 0.877. The van der Waals surface area contributed by atoms with Crippen LogP contribution in [0.3, 0.4) is 0 Å². The molecule has 1 aromatic carbocycles. The molecule has 0 aliphatic heterocycles. The smallest absolute Gasteiger partial charge is 0.123 e. The van der Waals surface area contributed by atoms with Crippen LogP contribution < -0.4 is 14.8 Å². The SMILES string of the molecule is COc1ccc(OC)c(C(C)NCc2ccc(C)o2)c1. The average molecular weight is 275 g/mol. The first kappa shape index (κ1) is 14.5. The Morgan fingerprint density at radius 3 is 2.55 bits per heavy atom. The first-order valence-electron chi connectivity index (χ1n) is 6.64. The van der Waals surface area contributed by atoms with E-state index in [2.05, 4.69) is 12.2 Å². The molecule has 108 valence electrons. The van der Waals surface area contributed by atoms with Crippen molar-refractivity contribution >= 4 is 0 Å². The van der Waals surface area contributed by atoms with Gasteiger partial charge in [0.1, 0.15) is 23.0 Å². The maximum atomic E-state index is 5.55. The predicted octanol–water partition coefficient (Wildman–Crippen LogP) is 3.46. The van der Waals surface area contributed by atoms with Gasteiger partial charge in [0, 0.05) is 11.6 Å². The Labute approximate surface area is 119 Å². The van der Waals surface area contributed by atoms with E-state index in [4.69, 9.17) is 13.9 Å². The number of hydrogen-bond acceptors (Lipinski definition) is 4. The van der Waals surface area contributed by atoms with E-state index in [1.807, 2.05) is 37.3 Å². The van der Waals surface area contributed by atoms with E-state index in [0.717, 1.165) is 28.6 Å². The van der Waals surface area contributed by atoms with Crippen LogP contribution in [0.15, 0.2) is 34.7 Å². The van der Waals surface area contributed by atoms with Gasteiger partial charge in [-0.3, -0.25) is 0 Å². The van der Waals surface area contributed by atoms with Crippen LogP contribution in [0, 0.1) is 6.92 Å². The van der Waals surface area contributed by atoms with E-state index in [1.54, 1.807) is 14.2 Å². The Balaban J connectivity index is 2.09. The summed E-state index contributed by atoms with van der Waals surface area (Å²) in [6.45, 7) is 4.71. The summed E-state index contributed by atoms with van der Waals surface area (Å²) < 4.78 is 16.2. The Bertz CT molecular complexity index is 563. The minimum absolute atomic E-state index is 0.130. The van der Waals surface area contributed by atoms with E-state index in [1.165, 1.54) is 0 Å². The van der Waals surface area contributed by atoms with Crippen molar-refractivity contribution in [3.05, 3.63) is 47.4 Å². The van der Waals surface area contributed by atoms with Gasteiger partial charge in [-0.05, 0) is 44.2 Å². The molecular formula is C16H21NO3. The molecule has 1 heterocycles. The monoisotopic (exact) mass is 275 g/mol. The van der Waals surface area contributed by atoms with Gasteiger partial charge in [-0.25, -0.2) is 0 Å². The highest BCUT2D eigenvalue weighted by Gasteiger charge is 2.13. The first-order valence-corrected chi connectivity index (χ1v) is 6.64. The number of rotatable bonds is 6. The molecule has 0 fully saturated rings. The molecule has 2 aromatic rings. The Kier molecular flexibility index (Phi) is 4.69. The maximum Gasteiger partial charge on any atom is 0.123 e. The molecule has 0 saturated carbocycles. The van der Waals surface area contributed by atoms with Gasteiger partial charge in [0.2, 0.25) is 0 Å². The van der Waals surface area contributed by atoms with Gasteiger partial charge in [0.05, 0.1) is 20.8 Å². The summed E-state index contributed by atoms with van der Waals surface area (Å²) in [5.74, 6) is 3.52. The minimum Gasteiger partial charge on any atom is -0.497 e. The van der Waals surface area contributed by atoms with Crippen molar-refractivity contribution < 1.29 is 13.9 Å². The van der Waals surface area contributed by atoms with Gasteiger partial charge in [0.25, 0.3) is 0 Å². The van der Waals surface area contributed by atoms with E-state index in [0.29, 0.717) is 6.54 Å². The van der Waals surface area contributed by atoms with Crippen LogP contribution in [0.4, 0.5) is 0 Å². The number of benzene rings is 1. The predicted molar refractivity (Wildman–Crippen MR) is 78.2 cm³/mol. The molecule has 0 aliphatic rings. The summed E-state index contributed by atoms with van der Waals surface area (Å²) in [6.07, 6.45) is 0. The Morgan fingerprint density at radius 1 is 1.15 bits per heavy atom. The number of ether oxygens (including phenoxy) is 2. The van der Waals surface area contributed by atoms with Crippen LogP contribution in [0.2, 0.25) is 0 Å². The molecule has 0 saturated heterocycles. The summed E-state index contributed by atoms with van der Waals surface area (Å²) >= 11 is 0. The van der Waals surface area contributed by atoms with Crippen molar-refractivity contribution in [2.45, 2.75) is 26.4 Å². The van der Waals surface area contributed by atoms with Gasteiger partial charge < -0.3 is 19.2 Å². The second-order valence-corrected chi connectivity index (χ2v) is 4.72. The summed E-state index contributed by atoms with van der Waals surface area (Å²) in [6, 6.07) is 9.88. The third-order valence-electron chi connectivity index (χ3n) is 3.28. The molecule has 1 N–H and O–H groups in total. The molecule has 1 unspecified atom stereocenters. The Morgan fingerprint density at radius 2 is 1.95 bits per heavy atom. The van der Waals surface area contributed by atoms with Crippen LogP contribution in [-0.2, 0) is 6.54 Å². The molecule has 0 aliphatic carbocycles. The molecule has 0 bridgehead atoms. The third-order valence-corrected chi connectivity index (χ3v) is 3.28. The molecule has 4 nitrogen and oxygen atoms in total.